The first-order valence-corrected chi connectivity index (χ1v) is 9.41. The highest BCUT2D eigenvalue weighted by atomic mass is 19.1. The Balaban J connectivity index is 1.59. The minimum absolute atomic E-state index is 0.276. The van der Waals surface area contributed by atoms with Crippen molar-refractivity contribution < 1.29 is 9.13 Å². The average molecular weight is 342 g/mol. The van der Waals surface area contributed by atoms with E-state index in [1.165, 1.54) is 38.2 Å². The van der Waals surface area contributed by atoms with E-state index in [4.69, 9.17) is 4.74 Å². The van der Waals surface area contributed by atoms with E-state index >= 15 is 0 Å². The maximum absolute atomic E-state index is 14.0. The van der Waals surface area contributed by atoms with Crippen molar-refractivity contribution >= 4 is 0 Å². The van der Waals surface area contributed by atoms with Crippen molar-refractivity contribution in [3.63, 3.8) is 0 Å². The van der Waals surface area contributed by atoms with Gasteiger partial charge in [0.05, 0.1) is 18.0 Å². The summed E-state index contributed by atoms with van der Waals surface area (Å²) < 4.78 is 19.2. The monoisotopic (exact) mass is 342 g/mol. The van der Waals surface area contributed by atoms with Gasteiger partial charge in [0.2, 0.25) is 0 Å². The highest BCUT2D eigenvalue weighted by molar-refractivity contribution is 5.59. The standard InChI is InChI=1S/C21H27FN2O/c1-3-25-21-13-9-17(14-19(21)22)20-12-11-18(23-24-20)10-8-16-6-4-15(2)5-7-16/h9,11-16H,3-8,10H2,1-2H3. The smallest absolute Gasteiger partial charge is 0.165 e. The molecule has 4 heteroatoms. The average Bonchev–Trinajstić information content (AvgIpc) is 2.63. The van der Waals surface area contributed by atoms with E-state index in [0.29, 0.717) is 12.3 Å². The van der Waals surface area contributed by atoms with Crippen LogP contribution in [-0.4, -0.2) is 16.8 Å². The van der Waals surface area contributed by atoms with Gasteiger partial charge in [0.25, 0.3) is 0 Å². The number of ether oxygens (including phenoxy) is 1. The first kappa shape index (κ1) is 17.8. The second-order valence-corrected chi connectivity index (χ2v) is 7.15. The van der Waals surface area contributed by atoms with E-state index in [9.17, 15) is 4.39 Å². The van der Waals surface area contributed by atoms with Gasteiger partial charge in [-0.25, -0.2) is 4.39 Å². The normalized spacial score (nSPS) is 20.4. The summed E-state index contributed by atoms with van der Waals surface area (Å²) in [4.78, 5) is 0. The molecule has 0 atom stereocenters. The summed E-state index contributed by atoms with van der Waals surface area (Å²) in [6.07, 6.45) is 7.58. The lowest BCUT2D eigenvalue weighted by Crippen LogP contribution is -2.13. The third kappa shape index (κ3) is 4.77. The molecule has 0 N–H and O–H groups in total. The van der Waals surface area contributed by atoms with Crippen LogP contribution in [0.4, 0.5) is 4.39 Å². The van der Waals surface area contributed by atoms with Crippen LogP contribution >= 0.6 is 0 Å². The molecule has 0 amide bonds. The van der Waals surface area contributed by atoms with Crippen molar-refractivity contribution in [2.45, 2.75) is 52.4 Å². The van der Waals surface area contributed by atoms with E-state index in [1.54, 1.807) is 6.07 Å². The largest absolute Gasteiger partial charge is 0.491 e. The third-order valence-electron chi connectivity index (χ3n) is 5.19. The summed E-state index contributed by atoms with van der Waals surface area (Å²) in [7, 11) is 0. The number of benzene rings is 1. The summed E-state index contributed by atoms with van der Waals surface area (Å²) in [6.45, 7) is 4.64. The van der Waals surface area contributed by atoms with Gasteiger partial charge in [-0.05, 0) is 61.9 Å². The quantitative estimate of drug-likeness (QED) is 0.701. The lowest BCUT2D eigenvalue weighted by molar-refractivity contribution is 0.277. The molecule has 1 aromatic carbocycles. The molecule has 1 aliphatic carbocycles. The molecule has 0 bridgehead atoms. The van der Waals surface area contributed by atoms with E-state index in [0.717, 1.165) is 29.5 Å². The number of hydrogen-bond donors (Lipinski definition) is 0. The zero-order valence-electron chi connectivity index (χ0n) is 15.2. The molecule has 0 saturated heterocycles. The molecule has 1 aliphatic rings. The maximum atomic E-state index is 14.0. The number of nitrogens with zero attached hydrogens (tertiary/aromatic N) is 2. The van der Waals surface area contributed by atoms with Crippen molar-refractivity contribution in [2.24, 2.45) is 11.8 Å². The zero-order valence-corrected chi connectivity index (χ0v) is 15.2. The number of hydrogen-bond acceptors (Lipinski definition) is 3. The highest BCUT2D eigenvalue weighted by Gasteiger charge is 2.18. The van der Waals surface area contributed by atoms with Gasteiger partial charge in [0.1, 0.15) is 0 Å². The molecule has 2 aromatic rings. The van der Waals surface area contributed by atoms with Crippen molar-refractivity contribution in [1.29, 1.82) is 0 Å². The Bertz CT molecular complexity index is 679. The molecular weight excluding hydrogens is 315 g/mol. The molecule has 1 heterocycles. The molecule has 3 nitrogen and oxygen atoms in total. The van der Waals surface area contributed by atoms with Gasteiger partial charge >= 0.3 is 0 Å². The van der Waals surface area contributed by atoms with Gasteiger partial charge in [-0.1, -0.05) is 32.6 Å². The maximum Gasteiger partial charge on any atom is 0.165 e. The Morgan fingerprint density at radius 1 is 1.08 bits per heavy atom. The van der Waals surface area contributed by atoms with Crippen LogP contribution in [0.5, 0.6) is 5.75 Å². The first-order chi connectivity index (χ1) is 12.2. The number of rotatable bonds is 6. The number of aromatic nitrogens is 2. The van der Waals surface area contributed by atoms with E-state index in [1.807, 2.05) is 25.1 Å². The molecule has 1 aromatic heterocycles. The molecule has 0 spiro atoms. The second kappa shape index (κ2) is 8.41. The van der Waals surface area contributed by atoms with Gasteiger partial charge in [-0.3, -0.25) is 0 Å². The summed E-state index contributed by atoms with van der Waals surface area (Å²) in [5.41, 5.74) is 2.44. The molecular formula is C21H27FN2O. The molecule has 0 radical (unpaired) electrons. The van der Waals surface area contributed by atoms with E-state index in [2.05, 4.69) is 17.1 Å². The number of aryl methyl sites for hydroxylation is 1. The van der Waals surface area contributed by atoms with Crippen LogP contribution in [0.1, 0.15) is 51.6 Å². The van der Waals surface area contributed by atoms with Crippen LogP contribution in [0.3, 0.4) is 0 Å². The topological polar surface area (TPSA) is 35.0 Å². The SMILES string of the molecule is CCOc1ccc(-c2ccc(CCC3CCC(C)CC3)nn2)cc1F. The van der Waals surface area contributed by atoms with Crippen LogP contribution in [0.15, 0.2) is 30.3 Å². The van der Waals surface area contributed by atoms with Crippen molar-refractivity contribution in [3.05, 3.63) is 41.8 Å². The Labute approximate surface area is 149 Å². The van der Waals surface area contributed by atoms with Crippen molar-refractivity contribution in [1.82, 2.24) is 10.2 Å². The number of halogens is 1. The fourth-order valence-electron chi connectivity index (χ4n) is 3.55. The molecule has 0 aliphatic heterocycles. The molecule has 3 rings (SSSR count). The molecule has 1 fully saturated rings. The lowest BCUT2D eigenvalue weighted by atomic mass is 9.81. The summed E-state index contributed by atoms with van der Waals surface area (Å²) in [5.74, 6) is 1.64. The summed E-state index contributed by atoms with van der Waals surface area (Å²) in [6, 6.07) is 8.87. The Morgan fingerprint density at radius 3 is 2.52 bits per heavy atom. The fourth-order valence-corrected chi connectivity index (χ4v) is 3.55. The minimum atomic E-state index is -0.364. The molecule has 134 valence electrons. The van der Waals surface area contributed by atoms with Crippen LogP contribution in [0, 0.1) is 17.7 Å². The van der Waals surface area contributed by atoms with Gasteiger partial charge in [-0.15, -0.1) is 0 Å². The predicted octanol–water partition coefficient (Wildman–Crippen LogP) is 5.44. The Morgan fingerprint density at radius 2 is 1.88 bits per heavy atom. The fraction of sp³-hybridized carbons (Fsp3) is 0.524. The van der Waals surface area contributed by atoms with Crippen LogP contribution in [0.25, 0.3) is 11.3 Å². The van der Waals surface area contributed by atoms with Crippen LogP contribution in [0.2, 0.25) is 0 Å². The molecule has 1 saturated carbocycles. The summed E-state index contributed by atoms with van der Waals surface area (Å²) in [5, 5.41) is 8.62. The predicted molar refractivity (Wildman–Crippen MR) is 98.0 cm³/mol. The Kier molecular flexibility index (Phi) is 6.00. The first-order valence-electron chi connectivity index (χ1n) is 9.41. The van der Waals surface area contributed by atoms with E-state index < -0.39 is 0 Å². The van der Waals surface area contributed by atoms with Crippen molar-refractivity contribution in [3.8, 4) is 17.0 Å². The van der Waals surface area contributed by atoms with E-state index in [-0.39, 0.29) is 11.6 Å². The van der Waals surface area contributed by atoms with Crippen LogP contribution < -0.4 is 4.74 Å². The van der Waals surface area contributed by atoms with Crippen LogP contribution in [-0.2, 0) is 6.42 Å². The van der Waals surface area contributed by atoms with Gasteiger partial charge in [0.15, 0.2) is 11.6 Å². The van der Waals surface area contributed by atoms with Gasteiger partial charge in [-0.2, -0.15) is 10.2 Å². The van der Waals surface area contributed by atoms with Gasteiger partial charge in [0, 0.05) is 5.56 Å². The lowest BCUT2D eigenvalue weighted by Gasteiger charge is -2.25. The third-order valence-corrected chi connectivity index (χ3v) is 5.19. The zero-order chi connectivity index (χ0) is 17.6. The molecule has 0 unspecified atom stereocenters. The Hall–Kier alpha value is -1.97. The minimum Gasteiger partial charge on any atom is -0.491 e. The molecule has 25 heavy (non-hydrogen) atoms. The summed E-state index contributed by atoms with van der Waals surface area (Å²) >= 11 is 0. The second-order valence-electron chi connectivity index (χ2n) is 7.15. The van der Waals surface area contributed by atoms with Crippen molar-refractivity contribution in [2.75, 3.05) is 6.61 Å². The van der Waals surface area contributed by atoms with Gasteiger partial charge < -0.3 is 4.74 Å². The highest BCUT2D eigenvalue weighted by Crippen LogP contribution is 2.31.